The van der Waals surface area contributed by atoms with Gasteiger partial charge in [-0.1, -0.05) is 20.3 Å². The molecule has 0 aromatic rings. The normalized spacial score (nSPS) is 7.69. The van der Waals surface area contributed by atoms with E-state index in [0.29, 0.717) is 5.78 Å². The van der Waals surface area contributed by atoms with Crippen LogP contribution in [0, 0.1) is 0 Å². The number of carbonyl (C=O) groups excluding carboxylic acids is 1. The molecule has 0 aliphatic rings. The fourth-order valence-electron chi connectivity index (χ4n) is 0.661. The van der Waals surface area contributed by atoms with Gasteiger partial charge >= 0.3 is 0 Å². The topological polar surface area (TPSA) is 17.1 Å². The predicted molar refractivity (Wildman–Crippen MR) is 58.8 cm³/mol. The Kier molecular flexibility index (Phi) is 15.6. The number of hydrogen-bond acceptors (Lipinski definition) is 1. The standard InChI is InChI=1S/C6H12O.C6H10/c1-3-4-5-6(2)7;1-3-5-6-4-2/h3-5H2,1-2H3;3,6H,4H2,1-2H3. The Bertz CT molecular complexity index is 162. The fourth-order valence-corrected chi connectivity index (χ4v) is 0.661. The zero-order chi connectivity index (χ0) is 10.5. The average molecular weight is 182 g/mol. The predicted octanol–water partition coefficient (Wildman–Crippen LogP) is 3.89. The largest absolute Gasteiger partial charge is 0.300 e. The number of unbranched alkanes of at least 4 members (excludes halogenated alkanes) is 1. The Hall–Kier alpha value is -0.810. The van der Waals surface area contributed by atoms with Gasteiger partial charge in [0.05, 0.1) is 0 Å². The summed E-state index contributed by atoms with van der Waals surface area (Å²) in [5, 5.41) is 0. The number of Topliss-reactive ketones (excluding diaryl/α,β-unsaturated/α-hetero) is 1. The van der Waals surface area contributed by atoms with E-state index in [4.69, 9.17) is 0 Å². The fraction of sp³-hybridized carbons (Fsp3) is 0.667. The third-order valence-corrected chi connectivity index (χ3v) is 1.37. The summed E-state index contributed by atoms with van der Waals surface area (Å²) in [6.07, 6.45) is 7.93. The van der Waals surface area contributed by atoms with Crippen molar-refractivity contribution in [3.63, 3.8) is 0 Å². The highest BCUT2D eigenvalue weighted by Gasteiger charge is 1.87. The Morgan fingerprint density at radius 2 is 2.00 bits per heavy atom. The molecule has 0 heterocycles. The van der Waals surface area contributed by atoms with Crippen LogP contribution in [0.3, 0.4) is 0 Å². The minimum atomic E-state index is 0.307. The molecule has 1 nitrogen and oxygen atoms in total. The third kappa shape index (κ3) is 24.7. The van der Waals surface area contributed by atoms with E-state index in [2.05, 4.69) is 19.6 Å². The molecule has 0 aliphatic carbocycles. The minimum absolute atomic E-state index is 0.307. The molecule has 0 aromatic carbocycles. The Labute approximate surface area is 82.5 Å². The molecule has 0 saturated heterocycles. The van der Waals surface area contributed by atoms with Gasteiger partial charge in [0.15, 0.2) is 0 Å². The van der Waals surface area contributed by atoms with Gasteiger partial charge in [0.2, 0.25) is 0 Å². The van der Waals surface area contributed by atoms with Gasteiger partial charge in [-0.2, -0.15) is 0 Å². The first-order valence-corrected chi connectivity index (χ1v) is 5.03. The van der Waals surface area contributed by atoms with E-state index in [1.54, 1.807) is 6.92 Å². The summed E-state index contributed by atoms with van der Waals surface area (Å²) < 4.78 is 0. The molecule has 13 heavy (non-hydrogen) atoms. The molecule has 0 aliphatic heterocycles. The van der Waals surface area contributed by atoms with E-state index < -0.39 is 0 Å². The zero-order valence-electron chi connectivity index (χ0n) is 9.39. The van der Waals surface area contributed by atoms with E-state index in [0.717, 1.165) is 25.7 Å². The van der Waals surface area contributed by atoms with Crippen molar-refractivity contribution in [2.24, 2.45) is 0 Å². The SMILES string of the molecule is CC=C=CCC.CCCCC(C)=O. The lowest BCUT2D eigenvalue weighted by molar-refractivity contribution is -0.117. The summed E-state index contributed by atoms with van der Waals surface area (Å²) in [5.41, 5.74) is 2.95. The van der Waals surface area contributed by atoms with Crippen molar-refractivity contribution in [2.75, 3.05) is 0 Å². The van der Waals surface area contributed by atoms with Crippen molar-refractivity contribution in [2.45, 2.75) is 53.4 Å². The van der Waals surface area contributed by atoms with E-state index in [1.165, 1.54) is 0 Å². The van der Waals surface area contributed by atoms with Crippen molar-refractivity contribution in [1.82, 2.24) is 0 Å². The van der Waals surface area contributed by atoms with Crippen molar-refractivity contribution < 1.29 is 4.79 Å². The van der Waals surface area contributed by atoms with Crippen LogP contribution in [0.2, 0.25) is 0 Å². The summed E-state index contributed by atoms with van der Waals surface area (Å²) in [5.74, 6) is 0.307. The first kappa shape index (κ1) is 14.7. The molecule has 0 N–H and O–H groups in total. The molecular formula is C12H22O. The molecule has 76 valence electrons. The molecule has 0 fully saturated rings. The lowest BCUT2D eigenvalue weighted by Crippen LogP contribution is -1.86. The molecule has 0 bridgehead atoms. The second-order valence-corrected chi connectivity index (χ2v) is 2.87. The molecule has 0 spiro atoms. The van der Waals surface area contributed by atoms with Crippen LogP contribution in [0.4, 0.5) is 0 Å². The highest BCUT2D eigenvalue weighted by atomic mass is 16.1. The molecule has 0 radical (unpaired) electrons. The molecule has 1 heteroatoms. The van der Waals surface area contributed by atoms with Crippen LogP contribution in [-0.4, -0.2) is 5.78 Å². The molecule has 0 amide bonds. The van der Waals surface area contributed by atoms with Crippen LogP contribution in [-0.2, 0) is 4.79 Å². The third-order valence-electron chi connectivity index (χ3n) is 1.37. The maximum Gasteiger partial charge on any atom is 0.129 e. The zero-order valence-corrected chi connectivity index (χ0v) is 9.39. The van der Waals surface area contributed by atoms with Crippen molar-refractivity contribution in [1.29, 1.82) is 0 Å². The number of hydrogen-bond donors (Lipinski definition) is 0. The molecule has 0 unspecified atom stereocenters. The van der Waals surface area contributed by atoms with Crippen molar-refractivity contribution in [3.05, 3.63) is 17.9 Å². The van der Waals surface area contributed by atoms with Gasteiger partial charge in [0, 0.05) is 6.42 Å². The first-order chi connectivity index (χ1) is 6.18. The maximum atomic E-state index is 10.2. The number of ketones is 1. The second kappa shape index (κ2) is 13.8. The highest BCUT2D eigenvalue weighted by molar-refractivity contribution is 5.75. The van der Waals surface area contributed by atoms with Gasteiger partial charge in [-0.25, -0.2) is 0 Å². The van der Waals surface area contributed by atoms with Crippen molar-refractivity contribution in [3.8, 4) is 0 Å². The van der Waals surface area contributed by atoms with Crippen LogP contribution < -0.4 is 0 Å². The lowest BCUT2D eigenvalue weighted by Gasteiger charge is -1.86. The van der Waals surface area contributed by atoms with E-state index in [-0.39, 0.29) is 0 Å². The second-order valence-electron chi connectivity index (χ2n) is 2.87. The number of allylic oxidation sites excluding steroid dienone is 1. The average Bonchev–Trinajstić information content (AvgIpc) is 2.12. The smallest absolute Gasteiger partial charge is 0.129 e. The van der Waals surface area contributed by atoms with Crippen LogP contribution in [0.15, 0.2) is 17.9 Å². The quantitative estimate of drug-likeness (QED) is 0.603. The molecule has 0 atom stereocenters. The molecular weight excluding hydrogens is 160 g/mol. The molecule has 0 aromatic heterocycles. The van der Waals surface area contributed by atoms with E-state index >= 15 is 0 Å². The highest BCUT2D eigenvalue weighted by Crippen LogP contribution is 1.92. The van der Waals surface area contributed by atoms with Gasteiger partial charge in [-0.3, -0.25) is 0 Å². The van der Waals surface area contributed by atoms with E-state index in [1.807, 2.05) is 19.1 Å². The summed E-state index contributed by atoms with van der Waals surface area (Å²) >= 11 is 0. The lowest BCUT2D eigenvalue weighted by atomic mass is 10.2. The van der Waals surface area contributed by atoms with Crippen LogP contribution >= 0.6 is 0 Å². The Morgan fingerprint density at radius 1 is 1.38 bits per heavy atom. The molecule has 0 saturated carbocycles. The monoisotopic (exact) mass is 182 g/mol. The van der Waals surface area contributed by atoms with Gasteiger partial charge in [-0.15, -0.1) is 5.73 Å². The van der Waals surface area contributed by atoms with Gasteiger partial charge in [0.1, 0.15) is 5.78 Å². The minimum Gasteiger partial charge on any atom is -0.300 e. The first-order valence-electron chi connectivity index (χ1n) is 5.03. The van der Waals surface area contributed by atoms with Crippen LogP contribution in [0.1, 0.15) is 53.4 Å². The van der Waals surface area contributed by atoms with Gasteiger partial charge < -0.3 is 4.79 Å². The summed E-state index contributed by atoms with van der Waals surface area (Å²) in [6, 6.07) is 0. The summed E-state index contributed by atoms with van der Waals surface area (Å²) in [6.45, 7) is 7.78. The Balaban J connectivity index is 0. The van der Waals surface area contributed by atoms with E-state index in [9.17, 15) is 4.79 Å². The summed E-state index contributed by atoms with van der Waals surface area (Å²) in [4.78, 5) is 10.2. The molecule has 0 rings (SSSR count). The van der Waals surface area contributed by atoms with Gasteiger partial charge in [0.25, 0.3) is 0 Å². The van der Waals surface area contributed by atoms with Crippen LogP contribution in [0.5, 0.6) is 0 Å². The number of rotatable bonds is 4. The Morgan fingerprint density at radius 3 is 2.15 bits per heavy atom. The van der Waals surface area contributed by atoms with Crippen molar-refractivity contribution >= 4 is 5.78 Å². The van der Waals surface area contributed by atoms with Crippen LogP contribution in [0.25, 0.3) is 0 Å². The number of carbonyl (C=O) groups is 1. The summed E-state index contributed by atoms with van der Waals surface area (Å²) in [7, 11) is 0. The van der Waals surface area contributed by atoms with Gasteiger partial charge in [-0.05, 0) is 38.8 Å². The maximum absolute atomic E-state index is 10.2.